The molecule has 2 rings (SSSR count). The van der Waals surface area contributed by atoms with Gasteiger partial charge in [-0.25, -0.2) is 0 Å². The number of rotatable bonds is 4. The summed E-state index contributed by atoms with van der Waals surface area (Å²) in [5.74, 6) is 0. The molecule has 0 heterocycles. The van der Waals surface area contributed by atoms with E-state index in [0.29, 0.717) is 5.56 Å². The van der Waals surface area contributed by atoms with Crippen LogP contribution in [-0.4, -0.2) is 26.6 Å². The number of nitrogens with zero attached hydrogens (tertiary/aromatic N) is 2. The summed E-state index contributed by atoms with van der Waals surface area (Å²) < 4.78 is 0. The van der Waals surface area contributed by atoms with Crippen molar-refractivity contribution in [2.45, 2.75) is 0 Å². The molecule has 0 amide bonds. The van der Waals surface area contributed by atoms with Crippen LogP contribution in [0.3, 0.4) is 0 Å². The predicted octanol–water partition coefficient (Wildman–Crippen LogP) is 3.32. The highest BCUT2D eigenvalue weighted by Crippen LogP contribution is 2.17. The van der Waals surface area contributed by atoms with E-state index in [9.17, 15) is 4.79 Å². The normalized spacial score (nSPS) is 10.6. The van der Waals surface area contributed by atoms with Crippen molar-refractivity contribution in [1.82, 2.24) is 0 Å². The van der Waals surface area contributed by atoms with E-state index in [1.807, 2.05) is 55.4 Å². The molecule has 3 heteroatoms. The number of hydrogen-bond donors (Lipinski definition) is 0. The lowest BCUT2D eigenvalue weighted by Crippen LogP contribution is -2.07. The SMILES string of the molecule is CN(C)c1ccc(N=Cc2ccc(C=O)cc2)cc1. The molecular weight excluding hydrogens is 236 g/mol. The van der Waals surface area contributed by atoms with E-state index in [1.165, 1.54) is 0 Å². The zero-order valence-corrected chi connectivity index (χ0v) is 11.1. The van der Waals surface area contributed by atoms with Gasteiger partial charge in [0.2, 0.25) is 0 Å². The van der Waals surface area contributed by atoms with Crippen LogP contribution in [0, 0.1) is 0 Å². The van der Waals surface area contributed by atoms with Gasteiger partial charge in [-0.2, -0.15) is 0 Å². The molecule has 0 spiro atoms. The Labute approximate surface area is 113 Å². The van der Waals surface area contributed by atoms with E-state index in [1.54, 1.807) is 18.3 Å². The van der Waals surface area contributed by atoms with Crippen molar-refractivity contribution in [3.63, 3.8) is 0 Å². The van der Waals surface area contributed by atoms with Crippen molar-refractivity contribution in [3.8, 4) is 0 Å². The fourth-order valence-electron chi connectivity index (χ4n) is 1.65. The molecule has 0 aromatic heterocycles. The minimum Gasteiger partial charge on any atom is -0.378 e. The molecule has 0 saturated heterocycles. The van der Waals surface area contributed by atoms with Gasteiger partial charge in [0.15, 0.2) is 0 Å². The number of hydrogen-bond acceptors (Lipinski definition) is 3. The average molecular weight is 252 g/mol. The number of benzene rings is 2. The van der Waals surface area contributed by atoms with Crippen molar-refractivity contribution in [1.29, 1.82) is 0 Å². The third kappa shape index (κ3) is 3.52. The Kier molecular flexibility index (Phi) is 4.08. The Hall–Kier alpha value is -2.42. The van der Waals surface area contributed by atoms with Crippen LogP contribution < -0.4 is 4.90 Å². The Bertz CT molecular complexity index is 569. The summed E-state index contributed by atoms with van der Waals surface area (Å²) in [6.45, 7) is 0. The molecule has 3 nitrogen and oxygen atoms in total. The highest BCUT2D eigenvalue weighted by molar-refractivity contribution is 5.84. The van der Waals surface area contributed by atoms with Crippen molar-refractivity contribution in [2.24, 2.45) is 4.99 Å². The van der Waals surface area contributed by atoms with Crippen molar-refractivity contribution >= 4 is 23.9 Å². The first-order valence-electron chi connectivity index (χ1n) is 6.06. The largest absolute Gasteiger partial charge is 0.378 e. The van der Waals surface area contributed by atoms with Gasteiger partial charge in [-0.15, -0.1) is 0 Å². The van der Waals surface area contributed by atoms with E-state index in [-0.39, 0.29) is 0 Å². The Morgan fingerprint density at radius 2 is 1.47 bits per heavy atom. The molecule has 0 radical (unpaired) electrons. The number of aliphatic imine (C=N–C) groups is 1. The molecule has 19 heavy (non-hydrogen) atoms. The summed E-state index contributed by atoms with van der Waals surface area (Å²) in [4.78, 5) is 17.0. The van der Waals surface area contributed by atoms with E-state index in [4.69, 9.17) is 0 Å². The molecule has 2 aromatic carbocycles. The monoisotopic (exact) mass is 252 g/mol. The van der Waals surface area contributed by atoms with Gasteiger partial charge < -0.3 is 4.90 Å². The minimum atomic E-state index is 0.674. The van der Waals surface area contributed by atoms with Crippen LogP contribution in [0.5, 0.6) is 0 Å². The lowest BCUT2D eigenvalue weighted by atomic mass is 10.2. The summed E-state index contributed by atoms with van der Waals surface area (Å²) in [5.41, 5.74) is 3.70. The number of anilines is 1. The standard InChI is InChI=1S/C16H16N2O/c1-18(2)16-9-7-15(8-10-16)17-11-13-3-5-14(12-19)6-4-13/h3-12H,1-2H3. The molecule has 0 saturated carbocycles. The summed E-state index contributed by atoms with van der Waals surface area (Å²) >= 11 is 0. The summed E-state index contributed by atoms with van der Waals surface area (Å²) in [5, 5.41) is 0. The molecule has 0 aliphatic carbocycles. The van der Waals surface area contributed by atoms with Gasteiger partial charge in [0.05, 0.1) is 5.69 Å². The highest BCUT2D eigenvalue weighted by atomic mass is 16.1. The second-order valence-electron chi connectivity index (χ2n) is 4.45. The van der Waals surface area contributed by atoms with Crippen molar-refractivity contribution in [2.75, 3.05) is 19.0 Å². The highest BCUT2D eigenvalue weighted by Gasteiger charge is 1.94. The van der Waals surface area contributed by atoms with Crippen LogP contribution in [0.15, 0.2) is 53.5 Å². The van der Waals surface area contributed by atoms with Gasteiger partial charge in [-0.3, -0.25) is 9.79 Å². The first-order chi connectivity index (χ1) is 9.19. The Balaban J connectivity index is 2.10. The van der Waals surface area contributed by atoms with Crippen LogP contribution in [-0.2, 0) is 0 Å². The topological polar surface area (TPSA) is 32.7 Å². The van der Waals surface area contributed by atoms with Gasteiger partial charge in [0.25, 0.3) is 0 Å². The molecule has 2 aromatic rings. The van der Waals surface area contributed by atoms with E-state index >= 15 is 0 Å². The van der Waals surface area contributed by atoms with E-state index < -0.39 is 0 Å². The fourth-order valence-corrected chi connectivity index (χ4v) is 1.65. The molecular formula is C16H16N2O. The maximum atomic E-state index is 10.5. The second kappa shape index (κ2) is 5.96. The lowest BCUT2D eigenvalue weighted by molar-refractivity contribution is 0.112. The van der Waals surface area contributed by atoms with Crippen LogP contribution in [0.4, 0.5) is 11.4 Å². The van der Waals surface area contributed by atoms with Crippen molar-refractivity contribution in [3.05, 3.63) is 59.7 Å². The van der Waals surface area contributed by atoms with Crippen LogP contribution >= 0.6 is 0 Å². The first kappa shape index (κ1) is 13.0. The molecule has 0 fully saturated rings. The third-order valence-corrected chi connectivity index (χ3v) is 2.80. The third-order valence-electron chi connectivity index (χ3n) is 2.80. The average Bonchev–Trinajstić information content (AvgIpc) is 2.46. The predicted molar refractivity (Wildman–Crippen MR) is 79.9 cm³/mol. The summed E-state index contributed by atoms with van der Waals surface area (Å²) in [6.07, 6.45) is 2.63. The van der Waals surface area contributed by atoms with Gasteiger partial charge in [0.1, 0.15) is 6.29 Å². The quantitative estimate of drug-likeness (QED) is 0.617. The maximum Gasteiger partial charge on any atom is 0.150 e. The molecule has 0 aliphatic heterocycles. The molecule has 96 valence electrons. The second-order valence-corrected chi connectivity index (χ2v) is 4.45. The van der Waals surface area contributed by atoms with Crippen LogP contribution in [0.25, 0.3) is 0 Å². The van der Waals surface area contributed by atoms with Gasteiger partial charge in [-0.05, 0) is 29.8 Å². The smallest absolute Gasteiger partial charge is 0.150 e. The van der Waals surface area contributed by atoms with Gasteiger partial charge in [0, 0.05) is 31.6 Å². The molecule has 0 atom stereocenters. The zero-order chi connectivity index (χ0) is 13.7. The molecule has 0 unspecified atom stereocenters. The van der Waals surface area contributed by atoms with E-state index in [0.717, 1.165) is 23.2 Å². The summed E-state index contributed by atoms with van der Waals surface area (Å²) in [6, 6.07) is 15.3. The van der Waals surface area contributed by atoms with Crippen LogP contribution in [0.2, 0.25) is 0 Å². The first-order valence-corrected chi connectivity index (χ1v) is 6.06. The van der Waals surface area contributed by atoms with Crippen LogP contribution in [0.1, 0.15) is 15.9 Å². The van der Waals surface area contributed by atoms with Crippen molar-refractivity contribution < 1.29 is 4.79 Å². The minimum absolute atomic E-state index is 0.674. The number of carbonyl (C=O) groups is 1. The van der Waals surface area contributed by atoms with E-state index in [2.05, 4.69) is 4.99 Å². The fraction of sp³-hybridized carbons (Fsp3) is 0.125. The molecule has 0 aliphatic rings. The zero-order valence-electron chi connectivity index (χ0n) is 11.1. The maximum absolute atomic E-state index is 10.5. The lowest BCUT2D eigenvalue weighted by Gasteiger charge is -2.11. The Morgan fingerprint density at radius 1 is 0.895 bits per heavy atom. The van der Waals surface area contributed by atoms with Gasteiger partial charge >= 0.3 is 0 Å². The molecule has 0 bridgehead atoms. The Morgan fingerprint density at radius 3 is 2.00 bits per heavy atom. The number of carbonyl (C=O) groups excluding carboxylic acids is 1. The number of aldehydes is 1. The summed E-state index contributed by atoms with van der Waals surface area (Å²) in [7, 11) is 4.01. The molecule has 0 N–H and O–H groups in total. The van der Waals surface area contributed by atoms with Gasteiger partial charge in [-0.1, -0.05) is 24.3 Å².